The van der Waals surface area contributed by atoms with E-state index in [0.717, 1.165) is 18.5 Å². The number of hydrogen-bond donors (Lipinski definition) is 2. The van der Waals surface area contributed by atoms with E-state index >= 15 is 0 Å². The maximum Gasteiger partial charge on any atom is 0.275 e. The highest BCUT2D eigenvalue weighted by Crippen LogP contribution is 2.21. The van der Waals surface area contributed by atoms with Gasteiger partial charge in [0.25, 0.3) is 5.91 Å². The van der Waals surface area contributed by atoms with Crippen LogP contribution in [0.4, 0.5) is 11.8 Å². The van der Waals surface area contributed by atoms with Gasteiger partial charge in [0.15, 0.2) is 5.82 Å². The van der Waals surface area contributed by atoms with E-state index in [1.807, 2.05) is 6.92 Å². The number of aromatic nitrogens is 3. The standard InChI is InChI=1S/C15H19N5O2/c1-9-7-12(14(21)19-13-8-10(2)22-20-13)18-15(16-9)17-11-5-3-4-6-11/h7-8,11H,3-6H2,1-2H3,(H,16,17,18)(H,19,20,21). The second-order valence-electron chi connectivity index (χ2n) is 5.62. The quantitative estimate of drug-likeness (QED) is 0.902. The normalized spacial score (nSPS) is 15.0. The van der Waals surface area contributed by atoms with Crippen molar-refractivity contribution in [1.82, 2.24) is 15.1 Å². The van der Waals surface area contributed by atoms with Gasteiger partial charge in [-0.05, 0) is 32.8 Å². The molecule has 0 unspecified atom stereocenters. The van der Waals surface area contributed by atoms with Gasteiger partial charge < -0.3 is 15.2 Å². The summed E-state index contributed by atoms with van der Waals surface area (Å²) in [7, 11) is 0. The largest absolute Gasteiger partial charge is 0.360 e. The molecule has 0 saturated heterocycles. The van der Waals surface area contributed by atoms with Crippen molar-refractivity contribution in [3.63, 3.8) is 0 Å². The summed E-state index contributed by atoms with van der Waals surface area (Å²) in [6.45, 7) is 3.61. The molecule has 0 aliphatic heterocycles. The summed E-state index contributed by atoms with van der Waals surface area (Å²) in [5.74, 6) is 1.20. The fourth-order valence-corrected chi connectivity index (χ4v) is 2.61. The van der Waals surface area contributed by atoms with Gasteiger partial charge >= 0.3 is 0 Å². The first-order chi connectivity index (χ1) is 10.6. The second-order valence-corrected chi connectivity index (χ2v) is 5.62. The van der Waals surface area contributed by atoms with Gasteiger partial charge in [0, 0.05) is 17.8 Å². The molecule has 0 radical (unpaired) electrons. The highest BCUT2D eigenvalue weighted by Gasteiger charge is 2.17. The highest BCUT2D eigenvalue weighted by atomic mass is 16.5. The zero-order valence-electron chi connectivity index (χ0n) is 12.7. The van der Waals surface area contributed by atoms with E-state index in [-0.39, 0.29) is 5.91 Å². The molecule has 7 nitrogen and oxygen atoms in total. The third-order valence-electron chi connectivity index (χ3n) is 3.64. The number of nitrogens with one attached hydrogen (secondary N) is 2. The molecule has 2 heterocycles. The lowest BCUT2D eigenvalue weighted by atomic mass is 10.2. The van der Waals surface area contributed by atoms with Crippen LogP contribution in [0.15, 0.2) is 16.7 Å². The predicted molar refractivity (Wildman–Crippen MR) is 81.8 cm³/mol. The van der Waals surface area contributed by atoms with E-state index in [9.17, 15) is 4.79 Å². The Morgan fingerprint density at radius 1 is 1.23 bits per heavy atom. The van der Waals surface area contributed by atoms with Crippen molar-refractivity contribution in [3.05, 3.63) is 29.3 Å². The lowest BCUT2D eigenvalue weighted by Crippen LogP contribution is -2.20. The van der Waals surface area contributed by atoms with E-state index in [1.165, 1.54) is 12.8 Å². The number of anilines is 2. The first-order valence-electron chi connectivity index (χ1n) is 7.47. The van der Waals surface area contributed by atoms with Crippen molar-refractivity contribution < 1.29 is 9.32 Å². The van der Waals surface area contributed by atoms with E-state index < -0.39 is 0 Å². The molecule has 116 valence electrons. The van der Waals surface area contributed by atoms with Gasteiger partial charge in [0.1, 0.15) is 11.5 Å². The average molecular weight is 301 g/mol. The number of aryl methyl sites for hydroxylation is 2. The molecule has 0 bridgehead atoms. The summed E-state index contributed by atoms with van der Waals surface area (Å²) in [6.07, 6.45) is 4.69. The highest BCUT2D eigenvalue weighted by molar-refractivity contribution is 6.02. The molecule has 2 N–H and O–H groups in total. The van der Waals surface area contributed by atoms with Gasteiger partial charge in [-0.2, -0.15) is 0 Å². The van der Waals surface area contributed by atoms with Gasteiger partial charge in [-0.15, -0.1) is 0 Å². The van der Waals surface area contributed by atoms with E-state index in [2.05, 4.69) is 25.8 Å². The summed E-state index contributed by atoms with van der Waals surface area (Å²) < 4.78 is 4.93. The van der Waals surface area contributed by atoms with Gasteiger partial charge in [-0.25, -0.2) is 9.97 Å². The van der Waals surface area contributed by atoms with Crippen molar-refractivity contribution in [2.75, 3.05) is 10.6 Å². The number of nitrogens with zero attached hydrogens (tertiary/aromatic N) is 3. The maximum atomic E-state index is 12.3. The van der Waals surface area contributed by atoms with Gasteiger partial charge in [0.2, 0.25) is 5.95 Å². The molecule has 0 aromatic carbocycles. The molecule has 1 aliphatic carbocycles. The Labute approximate surface area is 128 Å². The van der Waals surface area contributed by atoms with Crippen molar-refractivity contribution in [3.8, 4) is 0 Å². The van der Waals surface area contributed by atoms with Crippen LogP contribution in [0.3, 0.4) is 0 Å². The molecule has 22 heavy (non-hydrogen) atoms. The Morgan fingerprint density at radius 2 is 2.00 bits per heavy atom. The zero-order chi connectivity index (χ0) is 15.5. The number of carbonyl (C=O) groups is 1. The molecule has 1 saturated carbocycles. The monoisotopic (exact) mass is 301 g/mol. The summed E-state index contributed by atoms with van der Waals surface area (Å²) in [6, 6.07) is 3.71. The molecule has 1 fully saturated rings. The van der Waals surface area contributed by atoms with Crippen LogP contribution in [0.25, 0.3) is 0 Å². The number of rotatable bonds is 4. The van der Waals surface area contributed by atoms with Crippen LogP contribution in [0.2, 0.25) is 0 Å². The molecule has 7 heteroatoms. The predicted octanol–water partition coefficient (Wildman–Crippen LogP) is 2.69. The van der Waals surface area contributed by atoms with Crippen LogP contribution >= 0.6 is 0 Å². The zero-order valence-corrected chi connectivity index (χ0v) is 12.7. The van der Waals surface area contributed by atoms with Gasteiger partial charge in [-0.3, -0.25) is 4.79 Å². The minimum Gasteiger partial charge on any atom is -0.360 e. The van der Waals surface area contributed by atoms with Crippen LogP contribution in [0.5, 0.6) is 0 Å². The summed E-state index contributed by atoms with van der Waals surface area (Å²) in [4.78, 5) is 20.9. The molecule has 1 amide bonds. The Morgan fingerprint density at radius 3 is 2.68 bits per heavy atom. The Kier molecular flexibility index (Phi) is 4.04. The van der Waals surface area contributed by atoms with Crippen molar-refractivity contribution in [1.29, 1.82) is 0 Å². The minimum atomic E-state index is -0.326. The van der Waals surface area contributed by atoms with Crippen molar-refractivity contribution in [2.24, 2.45) is 0 Å². The molecular formula is C15H19N5O2. The average Bonchev–Trinajstić information content (AvgIpc) is 3.10. The van der Waals surface area contributed by atoms with Crippen molar-refractivity contribution in [2.45, 2.75) is 45.6 Å². The molecule has 3 rings (SSSR count). The van der Waals surface area contributed by atoms with Crippen molar-refractivity contribution >= 4 is 17.7 Å². The fourth-order valence-electron chi connectivity index (χ4n) is 2.61. The summed E-state index contributed by atoms with van der Waals surface area (Å²) in [5, 5.41) is 9.72. The number of hydrogen-bond acceptors (Lipinski definition) is 6. The van der Waals surface area contributed by atoms with E-state index in [0.29, 0.717) is 29.3 Å². The Hall–Kier alpha value is -2.44. The maximum absolute atomic E-state index is 12.3. The Balaban J connectivity index is 1.74. The van der Waals surface area contributed by atoms with Gasteiger partial charge in [-0.1, -0.05) is 18.0 Å². The van der Waals surface area contributed by atoms with Crippen LogP contribution in [-0.4, -0.2) is 27.1 Å². The number of carbonyl (C=O) groups excluding carboxylic acids is 1. The lowest BCUT2D eigenvalue weighted by molar-refractivity contribution is 0.102. The molecule has 0 spiro atoms. The second kappa shape index (κ2) is 6.13. The number of amides is 1. The first kappa shape index (κ1) is 14.5. The minimum absolute atomic E-state index is 0.314. The van der Waals surface area contributed by atoms with Crippen LogP contribution in [-0.2, 0) is 0 Å². The molecule has 0 atom stereocenters. The van der Waals surface area contributed by atoms with Gasteiger partial charge in [0.05, 0.1) is 0 Å². The third-order valence-corrected chi connectivity index (χ3v) is 3.64. The molecule has 2 aromatic rings. The molecule has 2 aromatic heterocycles. The van der Waals surface area contributed by atoms with Crippen LogP contribution < -0.4 is 10.6 Å². The fraction of sp³-hybridized carbons (Fsp3) is 0.467. The third kappa shape index (κ3) is 3.41. The first-order valence-corrected chi connectivity index (χ1v) is 7.47. The molecule has 1 aliphatic rings. The Bertz CT molecular complexity index is 676. The topological polar surface area (TPSA) is 92.9 Å². The SMILES string of the molecule is Cc1cc(C(=O)Nc2cc(C)on2)nc(NC2CCCC2)n1. The van der Waals surface area contributed by atoms with Crippen LogP contribution in [0.1, 0.15) is 47.6 Å². The van der Waals surface area contributed by atoms with E-state index in [1.54, 1.807) is 19.1 Å². The molecular weight excluding hydrogens is 282 g/mol. The van der Waals surface area contributed by atoms with E-state index in [4.69, 9.17) is 4.52 Å². The smallest absolute Gasteiger partial charge is 0.275 e. The lowest BCUT2D eigenvalue weighted by Gasteiger charge is -2.13. The van der Waals surface area contributed by atoms with Crippen LogP contribution in [0, 0.1) is 13.8 Å². The summed E-state index contributed by atoms with van der Waals surface area (Å²) in [5.41, 5.74) is 1.06. The summed E-state index contributed by atoms with van der Waals surface area (Å²) >= 11 is 0.